The highest BCUT2D eigenvalue weighted by Gasteiger charge is 2.21. The number of hydrogen-bond acceptors (Lipinski definition) is 3. The van der Waals surface area contributed by atoms with Crippen molar-refractivity contribution in [2.24, 2.45) is 0 Å². The zero-order chi connectivity index (χ0) is 14.1. The van der Waals surface area contributed by atoms with Crippen molar-refractivity contribution in [3.05, 3.63) is 47.5 Å². The maximum Gasteiger partial charge on any atom is 0.259 e. The third kappa shape index (κ3) is 2.09. The molecule has 3 rings (SSSR count). The minimum atomic E-state index is -0.265. The van der Waals surface area contributed by atoms with Crippen LogP contribution in [-0.2, 0) is 4.79 Å². The third-order valence-corrected chi connectivity index (χ3v) is 3.05. The first kappa shape index (κ1) is 12.2. The molecule has 5 heteroatoms. The van der Waals surface area contributed by atoms with Gasteiger partial charge in [-0.05, 0) is 42.8 Å². The van der Waals surface area contributed by atoms with Crippen LogP contribution in [0.1, 0.15) is 15.9 Å². The number of fused-ring (bicyclic) bond motifs is 2. The second kappa shape index (κ2) is 4.70. The summed E-state index contributed by atoms with van der Waals surface area (Å²) in [6.45, 7) is 1.94. The van der Waals surface area contributed by atoms with Gasteiger partial charge in [0.2, 0.25) is 6.41 Å². The van der Waals surface area contributed by atoms with E-state index in [1.807, 2.05) is 25.1 Å². The van der Waals surface area contributed by atoms with E-state index in [1.165, 1.54) is 0 Å². The normalized spacial score (nSPS) is 12.3. The topological polar surface area (TPSA) is 67.4 Å². The van der Waals surface area contributed by atoms with Gasteiger partial charge in [0.15, 0.2) is 5.75 Å². The van der Waals surface area contributed by atoms with Crippen LogP contribution >= 0.6 is 0 Å². The van der Waals surface area contributed by atoms with Crippen molar-refractivity contribution in [2.75, 3.05) is 10.6 Å². The molecule has 100 valence electrons. The lowest BCUT2D eigenvalue weighted by molar-refractivity contribution is -0.105. The number of ether oxygens (including phenoxy) is 1. The number of hydrogen-bond donors (Lipinski definition) is 2. The molecule has 1 heterocycles. The molecule has 0 aliphatic carbocycles. The molecule has 1 aliphatic rings. The van der Waals surface area contributed by atoms with Gasteiger partial charge in [0.05, 0.1) is 11.3 Å². The Hall–Kier alpha value is -2.82. The fourth-order valence-electron chi connectivity index (χ4n) is 2.09. The van der Waals surface area contributed by atoms with Crippen LogP contribution in [0.4, 0.5) is 11.4 Å². The molecule has 2 aromatic rings. The Labute approximate surface area is 115 Å². The van der Waals surface area contributed by atoms with E-state index >= 15 is 0 Å². The Kier molecular flexibility index (Phi) is 2.87. The van der Waals surface area contributed by atoms with Crippen molar-refractivity contribution in [1.82, 2.24) is 0 Å². The summed E-state index contributed by atoms with van der Waals surface area (Å²) >= 11 is 0. The lowest BCUT2D eigenvalue weighted by Crippen LogP contribution is -2.11. The number of benzene rings is 2. The second-order valence-corrected chi connectivity index (χ2v) is 4.53. The van der Waals surface area contributed by atoms with Crippen molar-refractivity contribution in [2.45, 2.75) is 6.92 Å². The Morgan fingerprint density at radius 3 is 2.75 bits per heavy atom. The zero-order valence-corrected chi connectivity index (χ0v) is 10.8. The van der Waals surface area contributed by atoms with E-state index in [1.54, 1.807) is 18.2 Å². The van der Waals surface area contributed by atoms with E-state index in [0.29, 0.717) is 34.8 Å². The smallest absolute Gasteiger partial charge is 0.259 e. The lowest BCUT2D eigenvalue weighted by Gasteiger charge is -2.08. The van der Waals surface area contributed by atoms with E-state index in [-0.39, 0.29) is 5.91 Å². The Morgan fingerprint density at radius 2 is 1.95 bits per heavy atom. The molecule has 0 saturated carbocycles. The molecule has 0 aromatic heterocycles. The first-order valence-corrected chi connectivity index (χ1v) is 6.11. The van der Waals surface area contributed by atoms with Crippen LogP contribution in [0.2, 0.25) is 0 Å². The summed E-state index contributed by atoms with van der Waals surface area (Å²) in [5.74, 6) is 0.791. The molecule has 0 radical (unpaired) electrons. The van der Waals surface area contributed by atoms with E-state index < -0.39 is 0 Å². The van der Waals surface area contributed by atoms with E-state index in [9.17, 15) is 9.59 Å². The van der Waals surface area contributed by atoms with Gasteiger partial charge in [-0.25, -0.2) is 0 Å². The number of carbonyl (C=O) groups is 2. The SMILES string of the molecule is Cc1ccc2c(c1)NC(=O)c1cc(NC=O)ccc1O2. The number of amides is 2. The highest BCUT2D eigenvalue weighted by Crippen LogP contribution is 2.36. The highest BCUT2D eigenvalue weighted by atomic mass is 16.5. The number of nitrogens with one attached hydrogen (secondary N) is 2. The minimum Gasteiger partial charge on any atom is -0.454 e. The molecule has 5 nitrogen and oxygen atoms in total. The van der Waals surface area contributed by atoms with Gasteiger partial charge in [0.1, 0.15) is 5.75 Å². The average Bonchev–Trinajstić information content (AvgIpc) is 2.55. The first-order chi connectivity index (χ1) is 9.67. The van der Waals surface area contributed by atoms with Gasteiger partial charge in [-0.15, -0.1) is 0 Å². The summed E-state index contributed by atoms with van der Waals surface area (Å²) in [7, 11) is 0. The van der Waals surface area contributed by atoms with E-state index in [4.69, 9.17) is 4.74 Å². The molecule has 0 fully saturated rings. The van der Waals surface area contributed by atoms with Crippen molar-refractivity contribution in [1.29, 1.82) is 0 Å². The summed E-state index contributed by atoms with van der Waals surface area (Å²) in [5.41, 5.74) is 2.59. The highest BCUT2D eigenvalue weighted by molar-refractivity contribution is 6.08. The Morgan fingerprint density at radius 1 is 1.15 bits per heavy atom. The average molecular weight is 268 g/mol. The molecule has 2 amide bonds. The molecule has 20 heavy (non-hydrogen) atoms. The predicted molar refractivity (Wildman–Crippen MR) is 75.3 cm³/mol. The molecule has 0 bridgehead atoms. The van der Waals surface area contributed by atoms with Crippen LogP contribution in [0.5, 0.6) is 11.5 Å². The molecule has 0 saturated heterocycles. The quantitative estimate of drug-likeness (QED) is 0.823. The Bertz CT molecular complexity index is 710. The van der Waals surface area contributed by atoms with Crippen molar-refractivity contribution in [3.8, 4) is 11.5 Å². The van der Waals surface area contributed by atoms with Crippen LogP contribution in [0.25, 0.3) is 0 Å². The molecule has 2 aromatic carbocycles. The molecular formula is C15H12N2O3. The summed E-state index contributed by atoms with van der Waals surface area (Å²) in [6.07, 6.45) is 0.565. The van der Waals surface area contributed by atoms with Crippen LogP contribution in [0, 0.1) is 6.92 Å². The van der Waals surface area contributed by atoms with Gasteiger partial charge in [0, 0.05) is 5.69 Å². The monoisotopic (exact) mass is 268 g/mol. The molecule has 0 atom stereocenters. The van der Waals surface area contributed by atoms with Crippen LogP contribution in [0.15, 0.2) is 36.4 Å². The molecule has 2 N–H and O–H groups in total. The standard InChI is InChI=1S/C15H12N2O3/c1-9-2-4-14-12(6-9)17-15(19)11-7-10(16-8-18)3-5-13(11)20-14/h2-8H,1H3,(H,16,18)(H,17,19). The summed E-state index contributed by atoms with van der Waals surface area (Å²) < 4.78 is 5.76. The number of aryl methyl sites for hydroxylation is 1. The second-order valence-electron chi connectivity index (χ2n) is 4.53. The summed E-state index contributed by atoms with van der Waals surface area (Å²) in [5, 5.41) is 5.32. The number of carbonyl (C=O) groups excluding carboxylic acids is 2. The fraction of sp³-hybridized carbons (Fsp3) is 0.0667. The number of anilines is 2. The fourth-order valence-corrected chi connectivity index (χ4v) is 2.09. The van der Waals surface area contributed by atoms with Crippen LogP contribution < -0.4 is 15.4 Å². The molecule has 0 spiro atoms. The van der Waals surface area contributed by atoms with Crippen LogP contribution in [0.3, 0.4) is 0 Å². The molecule has 0 unspecified atom stereocenters. The zero-order valence-electron chi connectivity index (χ0n) is 10.8. The lowest BCUT2D eigenvalue weighted by atomic mass is 10.1. The largest absolute Gasteiger partial charge is 0.454 e. The minimum absolute atomic E-state index is 0.265. The summed E-state index contributed by atoms with van der Waals surface area (Å²) in [4.78, 5) is 22.7. The maximum absolute atomic E-state index is 12.2. The van der Waals surface area contributed by atoms with Gasteiger partial charge in [0.25, 0.3) is 5.91 Å². The van der Waals surface area contributed by atoms with Gasteiger partial charge in [-0.1, -0.05) is 6.07 Å². The van der Waals surface area contributed by atoms with Gasteiger partial charge in [-0.2, -0.15) is 0 Å². The van der Waals surface area contributed by atoms with Crippen molar-refractivity contribution in [3.63, 3.8) is 0 Å². The van der Waals surface area contributed by atoms with Crippen molar-refractivity contribution >= 4 is 23.7 Å². The molecule has 1 aliphatic heterocycles. The van der Waals surface area contributed by atoms with Gasteiger partial charge in [-0.3, -0.25) is 9.59 Å². The van der Waals surface area contributed by atoms with E-state index in [0.717, 1.165) is 5.56 Å². The summed E-state index contributed by atoms with van der Waals surface area (Å²) in [6, 6.07) is 10.5. The third-order valence-electron chi connectivity index (χ3n) is 3.05. The first-order valence-electron chi connectivity index (χ1n) is 6.11. The van der Waals surface area contributed by atoms with Gasteiger partial charge >= 0.3 is 0 Å². The Balaban J connectivity index is 2.07. The van der Waals surface area contributed by atoms with Crippen LogP contribution in [-0.4, -0.2) is 12.3 Å². The van der Waals surface area contributed by atoms with E-state index in [2.05, 4.69) is 10.6 Å². The predicted octanol–water partition coefficient (Wildman–Crippen LogP) is 2.92. The van der Waals surface area contributed by atoms with Gasteiger partial charge < -0.3 is 15.4 Å². The molecular weight excluding hydrogens is 256 g/mol. The number of rotatable bonds is 2. The van der Waals surface area contributed by atoms with Crippen molar-refractivity contribution < 1.29 is 14.3 Å². The maximum atomic E-state index is 12.2.